The number of aliphatic hydroxyl groups is 2. The molecule has 0 bridgehead atoms. The second kappa shape index (κ2) is 6.21. The van der Waals surface area contributed by atoms with Gasteiger partial charge >= 0.3 is 0 Å². The molecule has 0 saturated carbocycles. The third-order valence-electron chi connectivity index (χ3n) is 2.46. The van der Waals surface area contributed by atoms with Gasteiger partial charge in [0.1, 0.15) is 11.9 Å². The summed E-state index contributed by atoms with van der Waals surface area (Å²) >= 11 is 0. The molecule has 0 aliphatic carbocycles. The minimum Gasteiger partial charge on any atom is -0.496 e. The summed E-state index contributed by atoms with van der Waals surface area (Å²) < 4.78 is 5.09. The fraction of sp³-hybridized carbons (Fsp3) is 0.417. The molecule has 1 aromatic carbocycles. The Morgan fingerprint density at radius 1 is 1.47 bits per heavy atom. The molecule has 3 N–H and O–H groups in total. The molecule has 0 heterocycles. The first kappa shape index (κ1) is 13.5. The van der Waals surface area contributed by atoms with Crippen LogP contribution in [-0.4, -0.2) is 37.0 Å². The minimum absolute atomic E-state index is 0.251. The van der Waals surface area contributed by atoms with Crippen LogP contribution in [0.4, 0.5) is 0 Å². The molecule has 0 aliphatic heterocycles. The summed E-state index contributed by atoms with van der Waals surface area (Å²) in [6, 6.07) is 6.69. The van der Waals surface area contributed by atoms with Crippen LogP contribution in [0, 0.1) is 11.3 Å². The number of hydrogen-bond donors (Lipinski definition) is 3. The van der Waals surface area contributed by atoms with Crippen LogP contribution in [0.5, 0.6) is 5.75 Å². The molecular weight excluding hydrogens is 220 g/mol. The van der Waals surface area contributed by atoms with Crippen molar-refractivity contribution in [2.24, 2.45) is 0 Å². The van der Waals surface area contributed by atoms with E-state index in [0.29, 0.717) is 16.9 Å². The molecule has 5 nitrogen and oxygen atoms in total. The van der Waals surface area contributed by atoms with Crippen molar-refractivity contribution in [3.05, 3.63) is 29.3 Å². The van der Waals surface area contributed by atoms with Gasteiger partial charge in [0.15, 0.2) is 0 Å². The quantitative estimate of drug-likeness (QED) is 0.679. The van der Waals surface area contributed by atoms with Gasteiger partial charge in [0.25, 0.3) is 0 Å². The Kier molecular flexibility index (Phi) is 4.91. The molecule has 2 unspecified atom stereocenters. The first-order valence-corrected chi connectivity index (χ1v) is 5.22. The Morgan fingerprint density at radius 3 is 2.71 bits per heavy atom. The van der Waals surface area contributed by atoms with E-state index in [4.69, 9.17) is 10.00 Å². The van der Waals surface area contributed by atoms with Gasteiger partial charge in [-0.1, -0.05) is 0 Å². The van der Waals surface area contributed by atoms with Crippen LogP contribution in [0.3, 0.4) is 0 Å². The van der Waals surface area contributed by atoms with E-state index in [2.05, 4.69) is 5.32 Å². The van der Waals surface area contributed by atoms with Gasteiger partial charge < -0.3 is 20.3 Å². The van der Waals surface area contributed by atoms with Crippen LogP contribution in [0.2, 0.25) is 0 Å². The number of likely N-dealkylation sites (N-methyl/N-ethyl adjacent to an activating group) is 1. The number of aliphatic hydroxyl groups excluding tert-OH is 2. The van der Waals surface area contributed by atoms with Crippen LogP contribution in [0.25, 0.3) is 0 Å². The standard InChI is InChI=1S/C12H16N2O3/c1-14-7-10(15)12(16)9-5-8(6-13)3-4-11(9)17-2/h3-5,10,12,14-16H,7H2,1-2H3. The van der Waals surface area contributed by atoms with Gasteiger partial charge in [-0.05, 0) is 25.2 Å². The third-order valence-corrected chi connectivity index (χ3v) is 2.46. The smallest absolute Gasteiger partial charge is 0.124 e. The summed E-state index contributed by atoms with van der Waals surface area (Å²) in [6.45, 7) is 0.251. The molecule has 0 radical (unpaired) electrons. The molecule has 0 amide bonds. The van der Waals surface area contributed by atoms with Crippen molar-refractivity contribution in [1.82, 2.24) is 5.32 Å². The third kappa shape index (κ3) is 3.17. The molecule has 1 aromatic rings. The Morgan fingerprint density at radius 2 is 2.18 bits per heavy atom. The van der Waals surface area contributed by atoms with Crippen molar-refractivity contribution in [2.45, 2.75) is 12.2 Å². The molecule has 0 fully saturated rings. The average Bonchev–Trinajstić information content (AvgIpc) is 2.37. The van der Waals surface area contributed by atoms with E-state index >= 15 is 0 Å². The van der Waals surface area contributed by atoms with Crippen molar-refractivity contribution in [3.63, 3.8) is 0 Å². The number of methoxy groups -OCH3 is 1. The van der Waals surface area contributed by atoms with Gasteiger partial charge in [-0.15, -0.1) is 0 Å². The van der Waals surface area contributed by atoms with E-state index < -0.39 is 12.2 Å². The molecule has 5 heteroatoms. The van der Waals surface area contributed by atoms with Gasteiger partial charge in [0.05, 0.1) is 24.8 Å². The van der Waals surface area contributed by atoms with E-state index in [-0.39, 0.29) is 6.54 Å². The van der Waals surface area contributed by atoms with Gasteiger partial charge in [-0.3, -0.25) is 0 Å². The SMILES string of the molecule is CNCC(O)C(O)c1cc(C#N)ccc1OC. The Balaban J connectivity index is 3.05. The van der Waals surface area contributed by atoms with Crippen molar-refractivity contribution >= 4 is 0 Å². The predicted molar refractivity (Wildman–Crippen MR) is 62.6 cm³/mol. The number of nitriles is 1. The van der Waals surface area contributed by atoms with Gasteiger partial charge in [0, 0.05) is 12.1 Å². The van der Waals surface area contributed by atoms with Crippen LogP contribution in [-0.2, 0) is 0 Å². The topological polar surface area (TPSA) is 85.5 Å². The summed E-state index contributed by atoms with van der Waals surface area (Å²) in [7, 11) is 3.15. The highest BCUT2D eigenvalue weighted by molar-refractivity contribution is 5.43. The lowest BCUT2D eigenvalue weighted by molar-refractivity contribution is 0.0188. The second-order valence-electron chi connectivity index (χ2n) is 3.64. The Hall–Kier alpha value is -1.61. The number of benzene rings is 1. The van der Waals surface area contributed by atoms with Crippen molar-refractivity contribution in [1.29, 1.82) is 5.26 Å². The molecule has 1 rings (SSSR count). The van der Waals surface area contributed by atoms with E-state index in [0.717, 1.165) is 0 Å². The Bertz CT molecular complexity index is 415. The van der Waals surface area contributed by atoms with E-state index in [1.54, 1.807) is 19.2 Å². The predicted octanol–water partition coefficient (Wildman–Crippen LogP) is 0.181. The summed E-state index contributed by atoms with van der Waals surface area (Å²) in [5, 5.41) is 31.2. The lowest BCUT2D eigenvalue weighted by Crippen LogP contribution is -2.29. The van der Waals surface area contributed by atoms with Gasteiger partial charge in [0.2, 0.25) is 0 Å². The zero-order valence-electron chi connectivity index (χ0n) is 9.84. The molecule has 0 spiro atoms. The van der Waals surface area contributed by atoms with Crippen LogP contribution < -0.4 is 10.1 Å². The summed E-state index contributed by atoms with van der Waals surface area (Å²) in [6.07, 6.45) is -2.05. The number of rotatable bonds is 5. The molecule has 17 heavy (non-hydrogen) atoms. The van der Waals surface area contributed by atoms with E-state index in [1.165, 1.54) is 13.2 Å². The number of nitrogens with one attached hydrogen (secondary N) is 1. The maximum atomic E-state index is 9.97. The molecule has 92 valence electrons. The minimum atomic E-state index is -1.09. The Labute approximate surface area is 100 Å². The lowest BCUT2D eigenvalue weighted by Gasteiger charge is -2.20. The zero-order valence-corrected chi connectivity index (χ0v) is 9.84. The molecular formula is C12H16N2O3. The first-order chi connectivity index (χ1) is 8.13. The van der Waals surface area contributed by atoms with Gasteiger partial charge in [-0.2, -0.15) is 5.26 Å². The molecule has 0 saturated heterocycles. The van der Waals surface area contributed by atoms with Crippen molar-refractivity contribution in [2.75, 3.05) is 20.7 Å². The fourth-order valence-corrected chi connectivity index (χ4v) is 1.56. The summed E-state index contributed by atoms with van der Waals surface area (Å²) in [5.41, 5.74) is 0.825. The van der Waals surface area contributed by atoms with Crippen molar-refractivity contribution in [3.8, 4) is 11.8 Å². The fourth-order valence-electron chi connectivity index (χ4n) is 1.56. The summed E-state index contributed by atoms with van der Waals surface area (Å²) in [4.78, 5) is 0. The van der Waals surface area contributed by atoms with Crippen LogP contribution >= 0.6 is 0 Å². The van der Waals surface area contributed by atoms with E-state index in [1.807, 2.05) is 6.07 Å². The van der Waals surface area contributed by atoms with E-state index in [9.17, 15) is 10.2 Å². The number of hydrogen-bond acceptors (Lipinski definition) is 5. The van der Waals surface area contributed by atoms with Crippen molar-refractivity contribution < 1.29 is 14.9 Å². The molecule has 0 aromatic heterocycles. The van der Waals surface area contributed by atoms with Gasteiger partial charge in [-0.25, -0.2) is 0 Å². The highest BCUT2D eigenvalue weighted by atomic mass is 16.5. The maximum absolute atomic E-state index is 9.97. The average molecular weight is 236 g/mol. The summed E-state index contributed by atoms with van der Waals surface area (Å²) in [5.74, 6) is 0.451. The van der Waals surface area contributed by atoms with Crippen LogP contribution in [0.15, 0.2) is 18.2 Å². The lowest BCUT2D eigenvalue weighted by atomic mass is 10.0. The number of nitrogens with zero attached hydrogens (tertiary/aromatic N) is 1. The normalized spacial score (nSPS) is 13.8. The second-order valence-corrected chi connectivity index (χ2v) is 3.64. The monoisotopic (exact) mass is 236 g/mol. The maximum Gasteiger partial charge on any atom is 0.124 e. The highest BCUT2D eigenvalue weighted by Gasteiger charge is 2.21. The molecule has 2 atom stereocenters. The number of ether oxygens (including phenoxy) is 1. The largest absolute Gasteiger partial charge is 0.496 e. The van der Waals surface area contributed by atoms with Crippen LogP contribution in [0.1, 0.15) is 17.2 Å². The first-order valence-electron chi connectivity index (χ1n) is 5.22. The molecule has 0 aliphatic rings. The highest BCUT2D eigenvalue weighted by Crippen LogP contribution is 2.28. The zero-order chi connectivity index (χ0) is 12.8.